The Hall–Kier alpha value is -2.04. The summed E-state index contributed by atoms with van der Waals surface area (Å²) in [4.78, 5) is 15.3. The molecule has 2 aromatic rings. The Labute approximate surface area is 201 Å². The van der Waals surface area contributed by atoms with Gasteiger partial charge in [0, 0.05) is 31.8 Å². The van der Waals surface area contributed by atoms with Gasteiger partial charge in [-0.2, -0.15) is 0 Å². The fourth-order valence-electron chi connectivity index (χ4n) is 3.64. The molecule has 0 saturated carbocycles. The van der Waals surface area contributed by atoms with Gasteiger partial charge in [-0.05, 0) is 5.56 Å². The molecular formula is C23H31IN2O5. The van der Waals surface area contributed by atoms with Crippen LogP contribution in [0.4, 0.5) is 0 Å². The number of piperazine rings is 1. The number of amides is 1. The second-order valence-corrected chi connectivity index (χ2v) is 7.65. The summed E-state index contributed by atoms with van der Waals surface area (Å²) >= 11 is 0. The highest BCUT2D eigenvalue weighted by Crippen LogP contribution is 2.40. The van der Waals surface area contributed by atoms with E-state index in [-0.39, 0.29) is 36.5 Å². The molecule has 1 fully saturated rings. The Kier molecular flexibility index (Phi) is 9.39. The molecule has 0 N–H and O–H groups in total. The lowest BCUT2D eigenvalue weighted by atomic mass is 10.2. The van der Waals surface area contributed by atoms with Crippen molar-refractivity contribution >= 4 is 5.91 Å². The van der Waals surface area contributed by atoms with Crippen LogP contribution in [0.25, 0.3) is 0 Å². The van der Waals surface area contributed by atoms with Crippen LogP contribution in [0.1, 0.15) is 5.56 Å². The molecule has 7 nitrogen and oxygen atoms in total. The van der Waals surface area contributed by atoms with E-state index in [4.69, 9.17) is 18.9 Å². The Morgan fingerprint density at radius 1 is 0.968 bits per heavy atom. The molecule has 31 heavy (non-hydrogen) atoms. The van der Waals surface area contributed by atoms with Crippen molar-refractivity contribution in [2.24, 2.45) is 0 Å². The third kappa shape index (κ3) is 6.24. The van der Waals surface area contributed by atoms with Crippen molar-refractivity contribution in [1.82, 2.24) is 4.90 Å². The first-order valence-corrected chi connectivity index (χ1v) is 10.1. The zero-order valence-corrected chi connectivity index (χ0v) is 20.8. The SMILES string of the molecule is COc1cc(OCC(=O)[N+]2(C)CCN(Cc3ccccc3)CC2)cc(OC)c1OC.[I-]. The monoisotopic (exact) mass is 542 g/mol. The standard InChI is InChI=1S/C23H31N2O5.HI/c1-25(12-10-24(11-13-25)16-18-8-6-5-7-9-18)22(26)17-30-19-14-20(27-2)23(29-4)21(15-19)28-3;/h5-9,14-15H,10-13,16-17H2,1-4H3;1H/q+1;/p-1. The van der Waals surface area contributed by atoms with E-state index >= 15 is 0 Å². The van der Waals surface area contributed by atoms with Crippen LogP contribution in [0.2, 0.25) is 0 Å². The number of carbonyl (C=O) groups excluding carboxylic acids is 1. The van der Waals surface area contributed by atoms with Crippen LogP contribution < -0.4 is 42.9 Å². The predicted molar refractivity (Wildman–Crippen MR) is 114 cm³/mol. The van der Waals surface area contributed by atoms with Crippen LogP contribution >= 0.6 is 0 Å². The number of benzene rings is 2. The predicted octanol–water partition coefficient (Wildman–Crippen LogP) is -0.416. The molecule has 8 heteroatoms. The molecule has 0 bridgehead atoms. The van der Waals surface area contributed by atoms with Crippen molar-refractivity contribution < 1.29 is 52.2 Å². The summed E-state index contributed by atoms with van der Waals surface area (Å²) < 4.78 is 22.2. The van der Waals surface area contributed by atoms with Gasteiger partial charge in [0.05, 0.1) is 41.5 Å². The molecule has 1 aliphatic rings. The lowest BCUT2D eigenvalue weighted by Gasteiger charge is -2.39. The molecule has 2 aromatic carbocycles. The Morgan fingerprint density at radius 3 is 2.06 bits per heavy atom. The summed E-state index contributed by atoms with van der Waals surface area (Å²) in [6.45, 7) is 4.20. The van der Waals surface area contributed by atoms with Gasteiger partial charge in [-0.1, -0.05) is 30.3 Å². The lowest BCUT2D eigenvalue weighted by Crippen LogP contribution is -3.00. The molecule has 1 amide bonds. The number of halogens is 1. The summed E-state index contributed by atoms with van der Waals surface area (Å²) in [5, 5.41) is 0. The first-order valence-electron chi connectivity index (χ1n) is 10.1. The van der Waals surface area contributed by atoms with Crippen LogP contribution in [0, 0.1) is 0 Å². The van der Waals surface area contributed by atoms with E-state index in [1.165, 1.54) is 5.56 Å². The summed E-state index contributed by atoms with van der Waals surface area (Å²) in [6.07, 6.45) is 0. The second-order valence-electron chi connectivity index (χ2n) is 7.65. The van der Waals surface area contributed by atoms with E-state index in [0.717, 1.165) is 32.7 Å². The summed E-state index contributed by atoms with van der Waals surface area (Å²) in [7, 11) is 6.63. The third-order valence-electron chi connectivity index (χ3n) is 5.67. The molecule has 0 radical (unpaired) electrons. The highest BCUT2D eigenvalue weighted by atomic mass is 127. The molecule has 1 aliphatic heterocycles. The molecule has 0 aromatic heterocycles. The highest BCUT2D eigenvalue weighted by molar-refractivity contribution is 5.71. The minimum Gasteiger partial charge on any atom is -1.00 e. The number of nitrogens with zero attached hydrogens (tertiary/aromatic N) is 2. The number of hydrogen-bond acceptors (Lipinski definition) is 6. The minimum atomic E-state index is -0.00613. The normalized spacial score (nSPS) is 15.5. The van der Waals surface area contributed by atoms with Gasteiger partial charge >= 0.3 is 5.91 Å². The summed E-state index contributed by atoms with van der Waals surface area (Å²) in [5.41, 5.74) is 1.30. The van der Waals surface area contributed by atoms with Gasteiger partial charge in [-0.15, -0.1) is 0 Å². The fourth-order valence-corrected chi connectivity index (χ4v) is 3.64. The lowest BCUT2D eigenvalue weighted by molar-refractivity contribution is -0.840. The number of quaternary nitrogens is 1. The van der Waals surface area contributed by atoms with Gasteiger partial charge in [0.15, 0.2) is 11.5 Å². The van der Waals surface area contributed by atoms with Crippen LogP contribution in [-0.2, 0) is 11.3 Å². The van der Waals surface area contributed by atoms with Crippen molar-refractivity contribution in [2.45, 2.75) is 6.54 Å². The molecule has 0 aliphatic carbocycles. The van der Waals surface area contributed by atoms with Crippen molar-refractivity contribution in [3.05, 3.63) is 48.0 Å². The number of carbonyl (C=O) groups is 1. The maximum absolute atomic E-state index is 12.9. The third-order valence-corrected chi connectivity index (χ3v) is 5.67. The number of ether oxygens (including phenoxy) is 4. The van der Waals surface area contributed by atoms with Crippen molar-refractivity contribution in [3.8, 4) is 23.0 Å². The van der Waals surface area contributed by atoms with Crippen molar-refractivity contribution in [3.63, 3.8) is 0 Å². The molecular weight excluding hydrogens is 511 g/mol. The molecule has 3 rings (SSSR count). The molecule has 0 unspecified atom stereocenters. The van der Waals surface area contributed by atoms with Gasteiger partial charge in [0.1, 0.15) is 5.75 Å². The van der Waals surface area contributed by atoms with Gasteiger partial charge in [0.2, 0.25) is 12.4 Å². The van der Waals surface area contributed by atoms with E-state index in [2.05, 4.69) is 29.2 Å². The summed E-state index contributed by atoms with van der Waals surface area (Å²) in [6, 6.07) is 13.8. The Morgan fingerprint density at radius 2 is 1.55 bits per heavy atom. The first kappa shape index (κ1) is 25.2. The van der Waals surface area contributed by atoms with Crippen molar-refractivity contribution in [1.29, 1.82) is 0 Å². The minimum absolute atomic E-state index is 0. The maximum atomic E-state index is 12.9. The Bertz CT molecular complexity index is 829. The maximum Gasteiger partial charge on any atom is 0.351 e. The quantitative estimate of drug-likeness (QED) is 0.334. The van der Waals surface area contributed by atoms with Gasteiger partial charge in [-0.3, -0.25) is 9.38 Å². The average molecular weight is 542 g/mol. The molecule has 1 heterocycles. The Balaban J connectivity index is 0.00000341. The zero-order chi connectivity index (χ0) is 21.6. The van der Waals surface area contributed by atoms with Crippen LogP contribution in [0.15, 0.2) is 42.5 Å². The van der Waals surface area contributed by atoms with Crippen LogP contribution in [-0.4, -0.2) is 76.5 Å². The smallest absolute Gasteiger partial charge is 0.351 e. The van der Waals surface area contributed by atoms with E-state index < -0.39 is 0 Å². The second kappa shape index (κ2) is 11.5. The molecule has 0 atom stereocenters. The average Bonchev–Trinajstić information content (AvgIpc) is 2.78. The first-order chi connectivity index (χ1) is 14.5. The van der Waals surface area contributed by atoms with E-state index in [9.17, 15) is 4.79 Å². The number of methoxy groups -OCH3 is 3. The van der Waals surface area contributed by atoms with Gasteiger partial charge in [0.25, 0.3) is 0 Å². The summed E-state index contributed by atoms with van der Waals surface area (Å²) in [5.74, 6) is 2.05. The van der Waals surface area contributed by atoms with E-state index in [1.807, 2.05) is 13.1 Å². The number of hydrogen-bond donors (Lipinski definition) is 0. The largest absolute Gasteiger partial charge is 1.00 e. The van der Waals surface area contributed by atoms with Crippen LogP contribution in [0.5, 0.6) is 23.0 Å². The number of likely N-dealkylation sites (N-methyl/N-ethyl adjacent to an activating group) is 1. The molecule has 0 spiro atoms. The van der Waals surface area contributed by atoms with Crippen LogP contribution in [0.3, 0.4) is 0 Å². The highest BCUT2D eigenvalue weighted by Gasteiger charge is 2.36. The van der Waals surface area contributed by atoms with Gasteiger partial charge in [-0.25, -0.2) is 4.79 Å². The van der Waals surface area contributed by atoms with E-state index in [0.29, 0.717) is 27.5 Å². The zero-order valence-electron chi connectivity index (χ0n) is 18.6. The molecule has 170 valence electrons. The van der Waals surface area contributed by atoms with E-state index in [1.54, 1.807) is 33.5 Å². The fraction of sp³-hybridized carbons (Fsp3) is 0.435. The number of rotatable bonds is 8. The topological polar surface area (TPSA) is 57.2 Å². The van der Waals surface area contributed by atoms with Crippen molar-refractivity contribution in [2.75, 3.05) is 61.2 Å². The van der Waals surface area contributed by atoms with Gasteiger partial charge < -0.3 is 42.9 Å². The molecule has 1 saturated heterocycles.